The second-order valence-electron chi connectivity index (χ2n) is 8.04. The molecule has 7 heteroatoms. The first-order valence-corrected chi connectivity index (χ1v) is 10.2. The number of rotatable bonds is 3. The SMILES string of the molecule is O=[N+]([O-])c1ccc2c(c1)[C@@H](N1CCC(c3cccc4c3OCCO4)CC1)[C@H](O)C2. The highest BCUT2D eigenvalue weighted by molar-refractivity contribution is 5.49. The van der Waals surface area contributed by atoms with E-state index >= 15 is 0 Å². The van der Waals surface area contributed by atoms with Crippen molar-refractivity contribution in [1.29, 1.82) is 0 Å². The zero-order valence-electron chi connectivity index (χ0n) is 16.1. The number of nitro groups is 1. The Balaban J connectivity index is 1.34. The number of non-ortho nitro benzene ring substituents is 1. The third-order valence-electron chi connectivity index (χ3n) is 6.41. The lowest BCUT2D eigenvalue weighted by molar-refractivity contribution is -0.385. The van der Waals surface area contributed by atoms with Crippen LogP contribution in [0.25, 0.3) is 0 Å². The van der Waals surface area contributed by atoms with Crippen molar-refractivity contribution in [3.63, 3.8) is 0 Å². The van der Waals surface area contributed by atoms with Crippen LogP contribution in [0.1, 0.15) is 41.5 Å². The van der Waals surface area contributed by atoms with Gasteiger partial charge in [0, 0.05) is 24.1 Å². The maximum Gasteiger partial charge on any atom is 0.269 e. The van der Waals surface area contributed by atoms with Crippen LogP contribution in [0.15, 0.2) is 36.4 Å². The van der Waals surface area contributed by atoms with E-state index in [4.69, 9.17) is 9.47 Å². The van der Waals surface area contributed by atoms with Crippen LogP contribution >= 0.6 is 0 Å². The van der Waals surface area contributed by atoms with Crippen LogP contribution in [0.2, 0.25) is 0 Å². The van der Waals surface area contributed by atoms with Crippen molar-refractivity contribution in [3.8, 4) is 11.5 Å². The Bertz CT molecular complexity index is 939. The number of hydrogen-bond donors (Lipinski definition) is 1. The van der Waals surface area contributed by atoms with Crippen molar-refractivity contribution in [3.05, 3.63) is 63.2 Å². The Labute approximate surface area is 169 Å². The molecule has 0 bridgehead atoms. The maximum atomic E-state index is 11.2. The first-order chi connectivity index (χ1) is 14.1. The molecule has 2 aromatic carbocycles. The maximum absolute atomic E-state index is 11.2. The second kappa shape index (κ2) is 7.31. The summed E-state index contributed by atoms with van der Waals surface area (Å²) >= 11 is 0. The van der Waals surface area contributed by atoms with E-state index in [9.17, 15) is 15.2 Å². The molecule has 0 aromatic heterocycles. The molecule has 0 amide bonds. The van der Waals surface area contributed by atoms with Crippen molar-refractivity contribution >= 4 is 5.69 Å². The van der Waals surface area contributed by atoms with E-state index < -0.39 is 6.10 Å². The summed E-state index contributed by atoms with van der Waals surface area (Å²) in [6.07, 6.45) is 1.93. The fraction of sp³-hybridized carbons (Fsp3) is 0.455. The van der Waals surface area contributed by atoms with E-state index in [0.29, 0.717) is 25.6 Å². The minimum absolute atomic E-state index is 0.0887. The summed E-state index contributed by atoms with van der Waals surface area (Å²) in [4.78, 5) is 13.1. The van der Waals surface area contributed by atoms with E-state index in [1.165, 1.54) is 11.6 Å². The summed E-state index contributed by atoms with van der Waals surface area (Å²) in [5.74, 6) is 2.08. The van der Waals surface area contributed by atoms with E-state index in [0.717, 1.165) is 48.6 Å². The van der Waals surface area contributed by atoms with Crippen molar-refractivity contribution < 1.29 is 19.5 Å². The molecule has 3 aliphatic rings. The Morgan fingerprint density at radius 1 is 1.07 bits per heavy atom. The van der Waals surface area contributed by atoms with Crippen LogP contribution in [0, 0.1) is 10.1 Å². The van der Waals surface area contributed by atoms with Crippen molar-refractivity contribution in [2.45, 2.75) is 37.3 Å². The van der Waals surface area contributed by atoms with Crippen LogP contribution in [0.3, 0.4) is 0 Å². The molecule has 2 atom stereocenters. The number of nitro benzene ring substituents is 1. The van der Waals surface area contributed by atoms with Gasteiger partial charge < -0.3 is 14.6 Å². The number of ether oxygens (including phenoxy) is 2. The molecule has 7 nitrogen and oxygen atoms in total. The first kappa shape index (κ1) is 18.4. The van der Waals surface area contributed by atoms with Gasteiger partial charge >= 0.3 is 0 Å². The molecule has 1 aliphatic carbocycles. The minimum atomic E-state index is -0.523. The molecule has 1 saturated heterocycles. The molecule has 2 aliphatic heterocycles. The molecule has 1 N–H and O–H groups in total. The first-order valence-electron chi connectivity index (χ1n) is 10.2. The van der Waals surface area contributed by atoms with Gasteiger partial charge in [-0.1, -0.05) is 18.2 Å². The molecule has 29 heavy (non-hydrogen) atoms. The molecule has 0 radical (unpaired) electrons. The molecule has 2 heterocycles. The summed E-state index contributed by atoms with van der Waals surface area (Å²) in [6, 6.07) is 10.9. The van der Waals surface area contributed by atoms with Gasteiger partial charge in [0.15, 0.2) is 11.5 Å². The third kappa shape index (κ3) is 3.24. The van der Waals surface area contributed by atoms with Gasteiger partial charge in [-0.2, -0.15) is 0 Å². The number of para-hydroxylation sites is 1. The largest absolute Gasteiger partial charge is 0.486 e. The molecule has 5 rings (SSSR count). The van der Waals surface area contributed by atoms with Gasteiger partial charge in [-0.3, -0.25) is 15.0 Å². The summed E-state index contributed by atoms with van der Waals surface area (Å²) in [5, 5.41) is 21.9. The zero-order valence-corrected chi connectivity index (χ0v) is 16.1. The Kier molecular flexibility index (Phi) is 4.64. The van der Waals surface area contributed by atoms with Crippen LogP contribution in [0.5, 0.6) is 11.5 Å². The zero-order chi connectivity index (χ0) is 20.0. The number of aliphatic hydroxyl groups excluding tert-OH is 1. The van der Waals surface area contributed by atoms with E-state index in [-0.39, 0.29) is 16.7 Å². The topological polar surface area (TPSA) is 85.1 Å². The quantitative estimate of drug-likeness (QED) is 0.634. The number of piperidine rings is 1. The van der Waals surface area contributed by atoms with Gasteiger partial charge in [-0.15, -0.1) is 0 Å². The molecule has 0 spiro atoms. The van der Waals surface area contributed by atoms with Gasteiger partial charge in [-0.25, -0.2) is 0 Å². The van der Waals surface area contributed by atoms with Crippen LogP contribution in [-0.4, -0.2) is 47.3 Å². The number of fused-ring (bicyclic) bond motifs is 2. The lowest BCUT2D eigenvalue weighted by Crippen LogP contribution is -2.39. The summed E-state index contributed by atoms with van der Waals surface area (Å²) < 4.78 is 11.6. The fourth-order valence-corrected chi connectivity index (χ4v) is 5.05. The predicted molar refractivity (Wildman–Crippen MR) is 107 cm³/mol. The average molecular weight is 396 g/mol. The summed E-state index contributed by atoms with van der Waals surface area (Å²) in [5.41, 5.74) is 3.20. The van der Waals surface area contributed by atoms with Gasteiger partial charge in [0.05, 0.1) is 17.1 Å². The lowest BCUT2D eigenvalue weighted by atomic mass is 9.87. The highest BCUT2D eigenvalue weighted by Crippen LogP contribution is 2.44. The smallest absolute Gasteiger partial charge is 0.269 e. The normalized spacial score (nSPS) is 24.3. The van der Waals surface area contributed by atoms with Gasteiger partial charge in [0.25, 0.3) is 5.69 Å². The predicted octanol–water partition coefficient (Wildman–Crippen LogP) is 3.20. The molecule has 0 saturated carbocycles. The fourth-order valence-electron chi connectivity index (χ4n) is 5.05. The summed E-state index contributed by atoms with van der Waals surface area (Å²) in [6.45, 7) is 2.82. The highest BCUT2D eigenvalue weighted by Gasteiger charge is 2.38. The van der Waals surface area contributed by atoms with Crippen LogP contribution in [-0.2, 0) is 6.42 Å². The van der Waals surface area contributed by atoms with Gasteiger partial charge in [-0.05, 0) is 49.0 Å². The van der Waals surface area contributed by atoms with Crippen molar-refractivity contribution in [1.82, 2.24) is 4.90 Å². The molecular formula is C22H24N2O5. The Hall–Kier alpha value is -2.64. The third-order valence-corrected chi connectivity index (χ3v) is 6.41. The van der Waals surface area contributed by atoms with Crippen molar-refractivity contribution in [2.75, 3.05) is 26.3 Å². The molecule has 1 fully saturated rings. The Morgan fingerprint density at radius 3 is 2.66 bits per heavy atom. The Morgan fingerprint density at radius 2 is 1.86 bits per heavy atom. The van der Waals surface area contributed by atoms with Crippen LogP contribution < -0.4 is 9.47 Å². The molecule has 2 aromatic rings. The van der Waals surface area contributed by atoms with E-state index in [2.05, 4.69) is 11.0 Å². The summed E-state index contributed by atoms with van der Waals surface area (Å²) in [7, 11) is 0. The van der Waals surface area contributed by atoms with Crippen LogP contribution in [0.4, 0.5) is 5.69 Å². The van der Waals surface area contributed by atoms with E-state index in [1.54, 1.807) is 12.1 Å². The van der Waals surface area contributed by atoms with Gasteiger partial charge in [0.2, 0.25) is 0 Å². The van der Waals surface area contributed by atoms with Crippen molar-refractivity contribution in [2.24, 2.45) is 0 Å². The number of aliphatic hydroxyl groups is 1. The monoisotopic (exact) mass is 396 g/mol. The number of benzene rings is 2. The standard InChI is InChI=1S/C22H24N2O5/c25-19-12-15-4-5-16(24(26)27)13-18(15)21(19)23-8-6-14(7-9-23)17-2-1-3-20-22(17)29-11-10-28-20/h1-5,13-14,19,21,25H,6-12H2/t19-,21-/m1/s1. The molecule has 0 unspecified atom stereocenters. The lowest BCUT2D eigenvalue weighted by Gasteiger charge is -2.38. The number of hydrogen-bond acceptors (Lipinski definition) is 6. The molecular weight excluding hydrogens is 372 g/mol. The highest BCUT2D eigenvalue weighted by atomic mass is 16.6. The van der Waals surface area contributed by atoms with E-state index in [1.807, 2.05) is 12.1 Å². The molecule has 152 valence electrons. The average Bonchev–Trinajstić information content (AvgIpc) is 3.08. The number of nitrogens with zero attached hydrogens (tertiary/aromatic N) is 2. The van der Waals surface area contributed by atoms with Gasteiger partial charge in [0.1, 0.15) is 13.2 Å². The second-order valence-corrected chi connectivity index (χ2v) is 8.04. The minimum Gasteiger partial charge on any atom is -0.486 e. The number of likely N-dealkylation sites (tertiary alicyclic amines) is 1.